The minimum absolute atomic E-state index is 0.00530. The molecular formula is C25H34N2O5. The number of fused-ring (bicyclic) bond motifs is 3. The molecule has 0 fully saturated rings. The standard InChI is InChI=1S/C25H34N2O5/c1-18(2)27-8-9-31-10-11-32-24-7-6-21(25(30)26-15-23(29)17-28)14-22(24)13-19-4-3-5-20(12-19)16-27/h3-7,12,14,18,23,28-29H,8-11,13,15-17H2,1-2H3,(H,26,30). The zero-order valence-electron chi connectivity index (χ0n) is 18.9. The lowest BCUT2D eigenvalue weighted by atomic mass is 9.99. The summed E-state index contributed by atoms with van der Waals surface area (Å²) >= 11 is 0. The Morgan fingerprint density at radius 3 is 2.72 bits per heavy atom. The van der Waals surface area contributed by atoms with E-state index in [0.717, 1.165) is 30.0 Å². The topological polar surface area (TPSA) is 91.3 Å². The number of carbonyl (C=O) groups excluding carboxylic acids is 1. The van der Waals surface area contributed by atoms with Gasteiger partial charge in [-0.2, -0.15) is 0 Å². The summed E-state index contributed by atoms with van der Waals surface area (Å²) in [5.74, 6) is 0.427. The van der Waals surface area contributed by atoms with Crippen LogP contribution in [0.3, 0.4) is 0 Å². The maximum atomic E-state index is 12.5. The molecule has 3 rings (SSSR count). The second-order valence-electron chi connectivity index (χ2n) is 8.39. The molecule has 1 amide bonds. The maximum Gasteiger partial charge on any atom is 0.251 e. The van der Waals surface area contributed by atoms with Crippen LogP contribution in [0.1, 0.15) is 40.9 Å². The number of ether oxygens (including phenoxy) is 2. The second-order valence-corrected chi connectivity index (χ2v) is 8.39. The number of nitrogens with zero attached hydrogens (tertiary/aromatic N) is 1. The predicted molar refractivity (Wildman–Crippen MR) is 123 cm³/mol. The van der Waals surface area contributed by atoms with Crippen LogP contribution in [0, 0.1) is 0 Å². The number of benzene rings is 2. The molecule has 2 aromatic carbocycles. The molecule has 2 bridgehead atoms. The van der Waals surface area contributed by atoms with Gasteiger partial charge in [-0.15, -0.1) is 0 Å². The summed E-state index contributed by atoms with van der Waals surface area (Å²) in [6, 6.07) is 14.3. The highest BCUT2D eigenvalue weighted by molar-refractivity contribution is 5.94. The lowest BCUT2D eigenvalue weighted by Gasteiger charge is -2.27. The first-order valence-corrected chi connectivity index (χ1v) is 11.2. The van der Waals surface area contributed by atoms with Crippen molar-refractivity contribution in [2.75, 3.05) is 39.5 Å². The molecule has 174 valence electrons. The van der Waals surface area contributed by atoms with Gasteiger partial charge in [0.1, 0.15) is 12.4 Å². The molecule has 0 saturated heterocycles. The number of aliphatic hydroxyl groups excluding tert-OH is 2. The van der Waals surface area contributed by atoms with Crippen molar-refractivity contribution in [3.63, 3.8) is 0 Å². The molecule has 7 heteroatoms. The Kier molecular flexibility index (Phi) is 9.05. The van der Waals surface area contributed by atoms with Gasteiger partial charge in [0.2, 0.25) is 0 Å². The number of hydrogen-bond donors (Lipinski definition) is 3. The molecule has 1 unspecified atom stereocenters. The first-order chi connectivity index (χ1) is 15.5. The number of aliphatic hydroxyl groups is 2. The van der Waals surface area contributed by atoms with Crippen molar-refractivity contribution in [1.29, 1.82) is 0 Å². The third-order valence-electron chi connectivity index (χ3n) is 5.54. The summed E-state index contributed by atoms with van der Waals surface area (Å²) in [5.41, 5.74) is 3.78. The van der Waals surface area contributed by atoms with E-state index in [0.29, 0.717) is 37.8 Å². The Labute approximate surface area is 190 Å². The second kappa shape index (κ2) is 12.0. The smallest absolute Gasteiger partial charge is 0.251 e. The number of nitrogens with one attached hydrogen (secondary N) is 1. The van der Waals surface area contributed by atoms with E-state index < -0.39 is 12.7 Å². The Bertz CT molecular complexity index is 886. The van der Waals surface area contributed by atoms with Crippen LogP contribution in [0.15, 0.2) is 42.5 Å². The summed E-state index contributed by atoms with van der Waals surface area (Å²) in [6.07, 6.45) is -0.348. The Morgan fingerprint density at radius 1 is 1.12 bits per heavy atom. The third kappa shape index (κ3) is 7.03. The molecule has 1 heterocycles. The fourth-order valence-corrected chi connectivity index (χ4v) is 3.68. The lowest BCUT2D eigenvalue weighted by Crippen LogP contribution is -2.34. The molecular weight excluding hydrogens is 408 g/mol. The van der Waals surface area contributed by atoms with Gasteiger partial charge in [0.25, 0.3) is 5.91 Å². The summed E-state index contributed by atoms with van der Waals surface area (Å²) in [7, 11) is 0. The van der Waals surface area contributed by atoms with Gasteiger partial charge in [0, 0.05) is 37.7 Å². The number of amides is 1. The molecule has 0 aliphatic carbocycles. The molecule has 0 aromatic heterocycles. The van der Waals surface area contributed by atoms with Gasteiger partial charge in [-0.05, 0) is 48.7 Å². The van der Waals surface area contributed by atoms with Crippen LogP contribution < -0.4 is 10.1 Å². The van der Waals surface area contributed by atoms with Crippen molar-refractivity contribution in [3.8, 4) is 5.75 Å². The van der Waals surface area contributed by atoms with E-state index in [-0.39, 0.29) is 12.5 Å². The van der Waals surface area contributed by atoms with Crippen LogP contribution in [0.2, 0.25) is 0 Å². The minimum Gasteiger partial charge on any atom is -0.491 e. The van der Waals surface area contributed by atoms with Gasteiger partial charge in [0.05, 0.1) is 25.9 Å². The van der Waals surface area contributed by atoms with E-state index in [9.17, 15) is 9.90 Å². The highest BCUT2D eigenvalue weighted by Gasteiger charge is 2.15. The molecule has 0 spiro atoms. The summed E-state index contributed by atoms with van der Waals surface area (Å²) in [4.78, 5) is 14.9. The normalized spacial score (nSPS) is 16.5. The van der Waals surface area contributed by atoms with Crippen molar-refractivity contribution in [1.82, 2.24) is 10.2 Å². The van der Waals surface area contributed by atoms with Gasteiger partial charge in [-0.3, -0.25) is 9.69 Å². The van der Waals surface area contributed by atoms with Crippen molar-refractivity contribution in [2.45, 2.75) is 39.0 Å². The van der Waals surface area contributed by atoms with Crippen molar-refractivity contribution < 1.29 is 24.5 Å². The number of rotatable bonds is 5. The highest BCUT2D eigenvalue weighted by atomic mass is 16.5. The SMILES string of the molecule is CC(C)N1CCOCCOc2ccc(C(=O)NCC(O)CO)cc2Cc2cccc(c2)C1. The van der Waals surface area contributed by atoms with E-state index in [1.807, 2.05) is 12.1 Å². The number of hydrogen-bond acceptors (Lipinski definition) is 6. The first-order valence-electron chi connectivity index (χ1n) is 11.2. The largest absolute Gasteiger partial charge is 0.491 e. The van der Waals surface area contributed by atoms with Crippen LogP contribution in [-0.2, 0) is 17.7 Å². The molecule has 1 aliphatic rings. The highest BCUT2D eigenvalue weighted by Crippen LogP contribution is 2.25. The van der Waals surface area contributed by atoms with Crippen LogP contribution in [-0.4, -0.2) is 72.7 Å². The molecule has 0 saturated carbocycles. The van der Waals surface area contributed by atoms with E-state index in [1.165, 1.54) is 5.56 Å². The van der Waals surface area contributed by atoms with Gasteiger partial charge >= 0.3 is 0 Å². The molecule has 32 heavy (non-hydrogen) atoms. The fraction of sp³-hybridized carbons (Fsp3) is 0.480. The summed E-state index contributed by atoms with van der Waals surface area (Å²) in [6.45, 7) is 7.28. The van der Waals surface area contributed by atoms with E-state index in [1.54, 1.807) is 6.07 Å². The summed E-state index contributed by atoms with van der Waals surface area (Å²) < 4.78 is 11.8. The van der Waals surface area contributed by atoms with Crippen molar-refractivity contribution >= 4 is 5.91 Å². The average Bonchev–Trinajstić information content (AvgIpc) is 2.79. The maximum absolute atomic E-state index is 12.5. The zero-order valence-corrected chi connectivity index (χ0v) is 18.9. The zero-order chi connectivity index (χ0) is 22.9. The van der Waals surface area contributed by atoms with Crippen LogP contribution in [0.4, 0.5) is 0 Å². The van der Waals surface area contributed by atoms with Crippen molar-refractivity contribution in [3.05, 3.63) is 64.7 Å². The fourth-order valence-electron chi connectivity index (χ4n) is 3.68. The van der Waals surface area contributed by atoms with Gasteiger partial charge in [-0.25, -0.2) is 0 Å². The van der Waals surface area contributed by atoms with Gasteiger partial charge in [0.15, 0.2) is 0 Å². The minimum atomic E-state index is -0.979. The van der Waals surface area contributed by atoms with Crippen LogP contribution in [0.5, 0.6) is 5.75 Å². The van der Waals surface area contributed by atoms with E-state index >= 15 is 0 Å². The third-order valence-corrected chi connectivity index (χ3v) is 5.54. The molecule has 3 N–H and O–H groups in total. The Hall–Kier alpha value is -2.45. The van der Waals surface area contributed by atoms with E-state index in [2.05, 4.69) is 48.3 Å². The lowest BCUT2D eigenvalue weighted by molar-refractivity contribution is 0.0695. The van der Waals surface area contributed by atoms with Crippen LogP contribution >= 0.6 is 0 Å². The average molecular weight is 443 g/mol. The predicted octanol–water partition coefficient (Wildman–Crippen LogP) is 1.98. The molecule has 1 atom stereocenters. The Balaban J connectivity index is 1.85. The molecule has 0 radical (unpaired) electrons. The monoisotopic (exact) mass is 442 g/mol. The van der Waals surface area contributed by atoms with Gasteiger partial charge in [-0.1, -0.05) is 24.3 Å². The first kappa shape index (κ1) is 24.2. The van der Waals surface area contributed by atoms with Gasteiger partial charge < -0.3 is 25.0 Å². The molecule has 2 aromatic rings. The quantitative estimate of drug-likeness (QED) is 0.656. The summed E-state index contributed by atoms with van der Waals surface area (Å²) in [5, 5.41) is 21.1. The Morgan fingerprint density at radius 2 is 1.94 bits per heavy atom. The van der Waals surface area contributed by atoms with E-state index in [4.69, 9.17) is 14.6 Å². The van der Waals surface area contributed by atoms with Crippen molar-refractivity contribution in [2.24, 2.45) is 0 Å². The number of carbonyl (C=O) groups is 1. The molecule has 1 aliphatic heterocycles. The molecule has 7 nitrogen and oxygen atoms in total. The van der Waals surface area contributed by atoms with Crippen LogP contribution in [0.25, 0.3) is 0 Å².